The second-order valence-corrected chi connectivity index (χ2v) is 13.7. The molecule has 1 aliphatic carbocycles. The molecule has 2 aromatic carbocycles. The zero-order valence-corrected chi connectivity index (χ0v) is 27.3. The molecule has 2 aliphatic heterocycles. The number of amides is 1. The molecule has 13 heteroatoms. The number of fused-ring (bicyclic) bond motifs is 2. The van der Waals surface area contributed by atoms with E-state index in [2.05, 4.69) is 15.6 Å². The molecule has 4 unspecified atom stereocenters. The Hall–Kier alpha value is -4.49. The van der Waals surface area contributed by atoms with Crippen molar-refractivity contribution in [2.24, 2.45) is 11.8 Å². The average molecular weight is 672 g/mol. The minimum Gasteiger partial charge on any atom is -0.445 e. The van der Waals surface area contributed by atoms with Crippen LogP contribution in [0.25, 0.3) is 22.4 Å². The lowest BCUT2D eigenvalue weighted by atomic mass is 10.0. The quantitative estimate of drug-likeness (QED) is 0.198. The van der Waals surface area contributed by atoms with E-state index in [0.29, 0.717) is 42.6 Å². The SMILES string of the molecule is Cc1csc(C2(CNC(=O)OCc3ccccc3)C3CCN(c4cnc5c(-c6cccc(F)c6F)nn(C6CCCCO6)c5n4)CC32)n1. The fourth-order valence-corrected chi connectivity index (χ4v) is 8.56. The fraction of sp³-hybridized carbons (Fsp3) is 0.400. The van der Waals surface area contributed by atoms with E-state index in [0.717, 1.165) is 54.6 Å². The lowest BCUT2D eigenvalue weighted by Gasteiger charge is -2.27. The number of carbonyl (C=O) groups excluding carboxylic acids is 1. The maximum atomic E-state index is 15.0. The van der Waals surface area contributed by atoms with Crippen LogP contribution in [0, 0.1) is 30.4 Å². The first-order valence-electron chi connectivity index (χ1n) is 16.4. The summed E-state index contributed by atoms with van der Waals surface area (Å²) >= 11 is 1.63. The molecule has 0 spiro atoms. The van der Waals surface area contributed by atoms with Gasteiger partial charge in [0.25, 0.3) is 0 Å². The second kappa shape index (κ2) is 12.5. The highest BCUT2D eigenvalue weighted by Crippen LogP contribution is 2.64. The number of alkyl carbamates (subject to hydrolysis) is 1. The monoisotopic (exact) mass is 671 g/mol. The predicted molar refractivity (Wildman–Crippen MR) is 176 cm³/mol. The summed E-state index contributed by atoms with van der Waals surface area (Å²) in [7, 11) is 0. The van der Waals surface area contributed by atoms with Gasteiger partial charge >= 0.3 is 6.09 Å². The van der Waals surface area contributed by atoms with Crippen molar-refractivity contribution in [3.63, 3.8) is 0 Å². The summed E-state index contributed by atoms with van der Waals surface area (Å²) < 4.78 is 42.5. The standard InChI is InChI=1S/C35H35F2N7O3S/c1-21-19-48-33(40-21)35(20-39-34(45)47-18-22-8-3-2-4-9-22)24-13-14-43(17-25(24)35)27-16-38-31-30(23-10-7-11-26(36)29(23)37)42-44(32(31)41-27)28-12-5-6-15-46-28/h2-4,7-11,16,19,24-25,28H,5-6,12-15,17-18,20H2,1H3,(H,39,45). The molecular weight excluding hydrogens is 636 g/mol. The van der Waals surface area contributed by atoms with Gasteiger partial charge in [-0.05, 0) is 62.1 Å². The number of piperidine rings is 1. The zero-order chi connectivity index (χ0) is 32.8. The van der Waals surface area contributed by atoms with Gasteiger partial charge < -0.3 is 19.7 Å². The van der Waals surface area contributed by atoms with Gasteiger partial charge in [-0.3, -0.25) is 0 Å². The number of nitrogens with one attached hydrogen (secondary N) is 1. The summed E-state index contributed by atoms with van der Waals surface area (Å²) in [5.41, 5.74) is 2.72. The van der Waals surface area contributed by atoms with Gasteiger partial charge in [-0.25, -0.2) is 33.2 Å². The summed E-state index contributed by atoms with van der Waals surface area (Å²) in [5.74, 6) is -0.669. The van der Waals surface area contributed by atoms with Crippen LogP contribution < -0.4 is 10.2 Å². The molecule has 1 amide bonds. The number of anilines is 1. The summed E-state index contributed by atoms with van der Waals surface area (Å²) in [5, 5.41) is 10.8. The Kier molecular flexibility index (Phi) is 8.03. The van der Waals surface area contributed by atoms with E-state index >= 15 is 0 Å². The van der Waals surface area contributed by atoms with E-state index < -0.39 is 17.7 Å². The molecule has 4 atom stereocenters. The van der Waals surface area contributed by atoms with Crippen molar-refractivity contribution in [1.82, 2.24) is 30.0 Å². The zero-order valence-electron chi connectivity index (χ0n) is 26.4. The molecule has 1 saturated carbocycles. The summed E-state index contributed by atoms with van der Waals surface area (Å²) in [6.45, 7) is 4.64. The molecule has 5 heterocycles. The maximum Gasteiger partial charge on any atom is 0.407 e. The first-order valence-corrected chi connectivity index (χ1v) is 17.2. The Balaban J connectivity index is 1.06. The predicted octanol–water partition coefficient (Wildman–Crippen LogP) is 6.56. The minimum atomic E-state index is -0.971. The topological polar surface area (TPSA) is 107 Å². The number of aromatic nitrogens is 5. The van der Waals surface area contributed by atoms with Gasteiger partial charge in [-0.1, -0.05) is 36.4 Å². The van der Waals surface area contributed by atoms with Crippen LogP contribution in [0.3, 0.4) is 0 Å². The highest BCUT2D eigenvalue weighted by Gasteiger charge is 2.68. The molecule has 3 aliphatic rings. The molecule has 48 heavy (non-hydrogen) atoms. The van der Waals surface area contributed by atoms with Crippen molar-refractivity contribution in [3.05, 3.63) is 88.0 Å². The van der Waals surface area contributed by atoms with Crippen molar-refractivity contribution in [2.75, 3.05) is 31.1 Å². The van der Waals surface area contributed by atoms with E-state index in [-0.39, 0.29) is 35.4 Å². The van der Waals surface area contributed by atoms with Gasteiger partial charge in [0.2, 0.25) is 0 Å². The third kappa shape index (κ3) is 5.48. The van der Waals surface area contributed by atoms with Crippen LogP contribution >= 0.6 is 11.3 Å². The normalized spacial score (nSPS) is 23.6. The first kappa shape index (κ1) is 30.8. The Morgan fingerprint density at radius 3 is 2.77 bits per heavy atom. The van der Waals surface area contributed by atoms with Crippen molar-refractivity contribution < 1.29 is 23.0 Å². The van der Waals surface area contributed by atoms with Crippen LogP contribution in [0.1, 0.15) is 48.2 Å². The molecule has 0 radical (unpaired) electrons. The average Bonchev–Trinajstić information content (AvgIpc) is 3.34. The number of aryl methyl sites for hydroxylation is 1. The van der Waals surface area contributed by atoms with Crippen LogP contribution in [0.4, 0.5) is 19.4 Å². The van der Waals surface area contributed by atoms with Crippen molar-refractivity contribution in [1.29, 1.82) is 0 Å². The number of halogens is 2. The Morgan fingerprint density at radius 2 is 1.98 bits per heavy atom. The largest absolute Gasteiger partial charge is 0.445 e. The van der Waals surface area contributed by atoms with E-state index in [9.17, 15) is 13.6 Å². The maximum absolute atomic E-state index is 15.0. The number of hydrogen-bond donors (Lipinski definition) is 1. The molecule has 248 valence electrons. The number of hydrogen-bond acceptors (Lipinski definition) is 9. The van der Waals surface area contributed by atoms with Crippen LogP contribution in [-0.2, 0) is 21.5 Å². The summed E-state index contributed by atoms with van der Waals surface area (Å²) in [4.78, 5) is 29.7. The Bertz CT molecular complexity index is 1960. The number of thiazole rings is 1. The highest BCUT2D eigenvalue weighted by atomic mass is 32.1. The lowest BCUT2D eigenvalue weighted by molar-refractivity contribution is -0.0368. The van der Waals surface area contributed by atoms with E-state index in [1.165, 1.54) is 12.1 Å². The lowest BCUT2D eigenvalue weighted by Crippen LogP contribution is -2.35. The van der Waals surface area contributed by atoms with Gasteiger partial charge in [0, 0.05) is 48.3 Å². The van der Waals surface area contributed by atoms with Gasteiger partial charge in [0.05, 0.1) is 6.20 Å². The van der Waals surface area contributed by atoms with E-state index in [1.54, 1.807) is 22.2 Å². The minimum absolute atomic E-state index is 0.0359. The highest BCUT2D eigenvalue weighted by molar-refractivity contribution is 7.09. The molecule has 3 fully saturated rings. The van der Waals surface area contributed by atoms with E-state index in [4.69, 9.17) is 29.5 Å². The Morgan fingerprint density at radius 1 is 1.10 bits per heavy atom. The van der Waals surface area contributed by atoms with Crippen LogP contribution in [0.2, 0.25) is 0 Å². The number of nitrogens with zero attached hydrogens (tertiary/aromatic N) is 6. The van der Waals surface area contributed by atoms with Crippen molar-refractivity contribution >= 4 is 34.4 Å². The van der Waals surface area contributed by atoms with Crippen molar-refractivity contribution in [3.8, 4) is 11.3 Å². The molecule has 0 bridgehead atoms. The Labute approximate surface area is 280 Å². The van der Waals surface area contributed by atoms with Gasteiger partial charge in [0.15, 0.2) is 23.5 Å². The smallest absolute Gasteiger partial charge is 0.407 e. The summed E-state index contributed by atoms with van der Waals surface area (Å²) in [6, 6.07) is 13.7. The third-order valence-corrected chi connectivity index (χ3v) is 11.1. The van der Waals surface area contributed by atoms with E-state index in [1.807, 2.05) is 37.3 Å². The van der Waals surface area contributed by atoms with Crippen LogP contribution in [0.5, 0.6) is 0 Å². The molecule has 10 nitrogen and oxygen atoms in total. The van der Waals surface area contributed by atoms with Gasteiger partial charge in [-0.2, -0.15) is 5.10 Å². The molecule has 5 aromatic rings. The van der Waals surface area contributed by atoms with Crippen LogP contribution in [-0.4, -0.2) is 57.1 Å². The molecule has 2 saturated heterocycles. The second-order valence-electron chi connectivity index (χ2n) is 12.8. The summed E-state index contributed by atoms with van der Waals surface area (Å²) in [6.07, 6.45) is 4.39. The van der Waals surface area contributed by atoms with Gasteiger partial charge in [0.1, 0.15) is 28.6 Å². The fourth-order valence-electron chi connectivity index (χ4n) is 7.44. The number of carbonyl (C=O) groups is 1. The molecular formula is C35H35F2N7O3S. The van der Waals surface area contributed by atoms with Crippen LogP contribution in [0.15, 0.2) is 60.1 Å². The number of rotatable bonds is 8. The number of ether oxygens (including phenoxy) is 2. The number of benzene rings is 2. The molecule has 3 aromatic heterocycles. The molecule has 8 rings (SSSR count). The third-order valence-electron chi connectivity index (χ3n) is 9.93. The first-order chi connectivity index (χ1) is 23.4. The molecule has 1 N–H and O–H groups in total. The van der Waals surface area contributed by atoms with Crippen molar-refractivity contribution in [2.45, 2.75) is 50.9 Å². The van der Waals surface area contributed by atoms with Gasteiger partial charge in [-0.15, -0.1) is 11.3 Å².